The Balaban J connectivity index is 2.99. The Morgan fingerprint density at radius 2 is 2.11 bits per heavy atom. The van der Waals surface area contributed by atoms with Crippen molar-refractivity contribution < 1.29 is 18.8 Å². The minimum absolute atomic E-state index is 0.0928. The number of halogens is 2. The normalized spacial score (nSPS) is 11.1. The number of aromatic nitrogens is 2. The van der Waals surface area contributed by atoms with Crippen LogP contribution in [0.15, 0.2) is 6.33 Å². The molecule has 8 nitrogen and oxygen atoms in total. The molecule has 18 heavy (non-hydrogen) atoms. The van der Waals surface area contributed by atoms with E-state index in [9.17, 15) is 18.9 Å². The summed E-state index contributed by atoms with van der Waals surface area (Å²) < 4.78 is 25.6. The minimum atomic E-state index is -3.39. The lowest BCUT2D eigenvalue weighted by molar-refractivity contribution is -0.383. The summed E-state index contributed by atoms with van der Waals surface area (Å²) in [5.74, 6) is -3.82. The molecule has 0 aliphatic carbocycles. The van der Waals surface area contributed by atoms with E-state index in [1.165, 1.54) is 7.05 Å². The van der Waals surface area contributed by atoms with Crippen molar-refractivity contribution in [3.63, 3.8) is 0 Å². The molecular formula is C8H11F2N5O3. The van der Waals surface area contributed by atoms with Crippen molar-refractivity contribution in [2.24, 2.45) is 0 Å². The Labute approximate surface area is 100 Å². The van der Waals surface area contributed by atoms with E-state index in [0.717, 1.165) is 6.33 Å². The third kappa shape index (κ3) is 3.20. The summed E-state index contributed by atoms with van der Waals surface area (Å²) in [4.78, 5) is 17.1. The molecule has 10 heteroatoms. The molecule has 0 amide bonds. The number of hydrogen-bond acceptors (Lipinski definition) is 7. The Morgan fingerprint density at radius 1 is 1.50 bits per heavy atom. The predicted molar refractivity (Wildman–Crippen MR) is 58.8 cm³/mol. The SMILES string of the molecule is CNc1ncnc(NCC(F)(F)CO)c1[N+](=O)[O-]. The molecule has 1 aromatic heterocycles. The highest BCUT2D eigenvalue weighted by molar-refractivity contribution is 5.69. The summed E-state index contributed by atoms with van der Waals surface area (Å²) in [5.41, 5.74) is -0.534. The van der Waals surface area contributed by atoms with Gasteiger partial charge in [-0.2, -0.15) is 0 Å². The van der Waals surface area contributed by atoms with Crippen LogP contribution < -0.4 is 10.6 Å². The molecule has 0 bridgehead atoms. The van der Waals surface area contributed by atoms with Crippen molar-refractivity contribution in [3.05, 3.63) is 16.4 Å². The van der Waals surface area contributed by atoms with Gasteiger partial charge < -0.3 is 15.7 Å². The average molecular weight is 263 g/mol. The molecule has 3 N–H and O–H groups in total. The lowest BCUT2D eigenvalue weighted by Crippen LogP contribution is -2.31. The second-order valence-electron chi connectivity index (χ2n) is 3.29. The molecule has 0 saturated heterocycles. The maximum Gasteiger partial charge on any atom is 0.353 e. The van der Waals surface area contributed by atoms with Crippen molar-refractivity contribution in [1.29, 1.82) is 0 Å². The van der Waals surface area contributed by atoms with Gasteiger partial charge in [-0.05, 0) is 0 Å². The minimum Gasteiger partial charge on any atom is -0.390 e. The maximum absolute atomic E-state index is 12.8. The van der Waals surface area contributed by atoms with E-state index in [1.807, 2.05) is 0 Å². The Morgan fingerprint density at radius 3 is 2.61 bits per heavy atom. The summed E-state index contributed by atoms with van der Waals surface area (Å²) in [7, 11) is 1.40. The maximum atomic E-state index is 12.8. The van der Waals surface area contributed by atoms with Crippen LogP contribution in [0.5, 0.6) is 0 Å². The smallest absolute Gasteiger partial charge is 0.353 e. The van der Waals surface area contributed by atoms with Crippen LogP contribution in [0.25, 0.3) is 0 Å². The summed E-state index contributed by atoms with van der Waals surface area (Å²) in [5, 5.41) is 23.8. The number of anilines is 2. The highest BCUT2D eigenvalue weighted by Gasteiger charge is 2.30. The third-order valence-electron chi connectivity index (χ3n) is 1.99. The van der Waals surface area contributed by atoms with Gasteiger partial charge in [0.1, 0.15) is 12.9 Å². The summed E-state index contributed by atoms with van der Waals surface area (Å²) in [6.45, 7) is -2.33. The molecule has 100 valence electrons. The van der Waals surface area contributed by atoms with Crippen LogP contribution in [0.4, 0.5) is 26.1 Å². The summed E-state index contributed by atoms with van der Waals surface area (Å²) >= 11 is 0. The molecule has 0 atom stereocenters. The van der Waals surface area contributed by atoms with Crippen LogP contribution in [0.2, 0.25) is 0 Å². The van der Waals surface area contributed by atoms with Crippen molar-refractivity contribution in [2.45, 2.75) is 5.92 Å². The molecule has 0 aromatic carbocycles. The number of nitro groups is 1. The van der Waals surface area contributed by atoms with E-state index >= 15 is 0 Å². The zero-order chi connectivity index (χ0) is 13.8. The summed E-state index contributed by atoms with van der Waals surface area (Å²) in [6, 6.07) is 0. The van der Waals surface area contributed by atoms with Crippen molar-refractivity contribution >= 4 is 17.3 Å². The van der Waals surface area contributed by atoms with Crippen LogP contribution in [-0.2, 0) is 0 Å². The number of alkyl halides is 2. The number of aliphatic hydroxyl groups is 1. The fourth-order valence-corrected chi connectivity index (χ4v) is 1.13. The molecular weight excluding hydrogens is 252 g/mol. The number of nitrogens with zero attached hydrogens (tertiary/aromatic N) is 3. The Bertz CT molecular complexity index is 443. The molecule has 1 rings (SSSR count). The van der Waals surface area contributed by atoms with Crippen LogP contribution in [0.3, 0.4) is 0 Å². The second kappa shape index (κ2) is 5.49. The van der Waals surface area contributed by atoms with Gasteiger partial charge in [-0.25, -0.2) is 18.7 Å². The number of aliphatic hydroxyl groups excluding tert-OH is 1. The molecule has 1 heterocycles. The molecule has 1 aromatic rings. The fraction of sp³-hybridized carbons (Fsp3) is 0.500. The number of hydrogen-bond donors (Lipinski definition) is 3. The molecule has 0 unspecified atom stereocenters. The van der Waals surface area contributed by atoms with Gasteiger partial charge in [0.2, 0.25) is 11.6 Å². The molecule has 0 aliphatic rings. The van der Waals surface area contributed by atoms with Crippen LogP contribution in [0.1, 0.15) is 0 Å². The zero-order valence-electron chi connectivity index (χ0n) is 9.35. The highest BCUT2D eigenvalue weighted by atomic mass is 19.3. The van der Waals surface area contributed by atoms with E-state index in [1.54, 1.807) is 0 Å². The largest absolute Gasteiger partial charge is 0.390 e. The van der Waals surface area contributed by atoms with Crippen LogP contribution in [-0.4, -0.2) is 46.1 Å². The first-order valence-electron chi connectivity index (χ1n) is 4.81. The number of rotatable bonds is 6. The average Bonchev–Trinajstić information content (AvgIpc) is 2.35. The highest BCUT2D eigenvalue weighted by Crippen LogP contribution is 2.28. The van der Waals surface area contributed by atoms with Gasteiger partial charge in [-0.3, -0.25) is 10.1 Å². The van der Waals surface area contributed by atoms with Gasteiger partial charge in [-0.1, -0.05) is 0 Å². The second-order valence-corrected chi connectivity index (χ2v) is 3.29. The lowest BCUT2D eigenvalue weighted by atomic mass is 10.3. The lowest BCUT2D eigenvalue weighted by Gasteiger charge is -2.14. The standard InChI is InChI=1S/C8H11F2N5O3/c1-11-6-5(15(17)18)7(14-4-13-6)12-2-8(9,10)3-16/h4,16H,2-3H2,1H3,(H2,11,12,13,14). The van der Waals surface area contributed by atoms with Crippen LogP contribution in [0, 0.1) is 10.1 Å². The first kappa shape index (κ1) is 14.0. The van der Waals surface area contributed by atoms with Gasteiger partial charge in [0.15, 0.2) is 0 Å². The van der Waals surface area contributed by atoms with Gasteiger partial charge in [-0.15, -0.1) is 0 Å². The molecule has 0 fully saturated rings. The topological polar surface area (TPSA) is 113 Å². The molecule has 0 spiro atoms. The van der Waals surface area contributed by atoms with Crippen molar-refractivity contribution in [2.75, 3.05) is 30.8 Å². The number of nitrogens with one attached hydrogen (secondary N) is 2. The first-order valence-corrected chi connectivity index (χ1v) is 4.81. The summed E-state index contributed by atoms with van der Waals surface area (Å²) in [6.07, 6.45) is 0.998. The fourth-order valence-electron chi connectivity index (χ4n) is 1.13. The molecule has 0 radical (unpaired) electrons. The van der Waals surface area contributed by atoms with Crippen molar-refractivity contribution in [1.82, 2.24) is 9.97 Å². The monoisotopic (exact) mass is 263 g/mol. The van der Waals surface area contributed by atoms with E-state index in [-0.39, 0.29) is 11.6 Å². The van der Waals surface area contributed by atoms with E-state index in [4.69, 9.17) is 5.11 Å². The quantitative estimate of drug-likeness (QED) is 0.504. The third-order valence-corrected chi connectivity index (χ3v) is 1.99. The van der Waals surface area contributed by atoms with E-state index in [0.29, 0.717) is 0 Å². The first-order chi connectivity index (χ1) is 8.41. The van der Waals surface area contributed by atoms with Crippen molar-refractivity contribution in [3.8, 4) is 0 Å². The van der Waals surface area contributed by atoms with Gasteiger partial charge >= 0.3 is 5.69 Å². The Hall–Kier alpha value is -2.10. The predicted octanol–water partition coefficient (Wildman–Crippen LogP) is 0.466. The van der Waals surface area contributed by atoms with Gasteiger partial charge in [0, 0.05) is 7.05 Å². The zero-order valence-corrected chi connectivity index (χ0v) is 9.35. The van der Waals surface area contributed by atoms with Gasteiger partial charge in [0.05, 0.1) is 11.5 Å². The van der Waals surface area contributed by atoms with Gasteiger partial charge in [0.25, 0.3) is 5.92 Å². The Kier molecular flexibility index (Phi) is 4.26. The van der Waals surface area contributed by atoms with E-state index < -0.39 is 29.7 Å². The molecule has 0 aliphatic heterocycles. The molecule has 0 saturated carbocycles. The van der Waals surface area contributed by atoms with Crippen LogP contribution >= 0.6 is 0 Å². The van der Waals surface area contributed by atoms with E-state index in [2.05, 4.69) is 20.6 Å².